The van der Waals surface area contributed by atoms with E-state index >= 15 is 0 Å². The van der Waals surface area contributed by atoms with Crippen LogP contribution in [0.4, 0.5) is 0 Å². The predicted molar refractivity (Wildman–Crippen MR) is 278 cm³/mol. The van der Waals surface area contributed by atoms with E-state index in [4.69, 9.17) is 40.9 Å². The molecule has 0 saturated carbocycles. The quantitative estimate of drug-likeness (QED) is 0.0850. The Morgan fingerprint density at radius 1 is 0.591 bits per heavy atom. The lowest BCUT2D eigenvalue weighted by molar-refractivity contribution is 0.0342. The monoisotopic (exact) mass is 888 g/mol. The first kappa shape index (κ1) is 48.5. The minimum Gasteiger partial charge on any atom is -0.476 e. The van der Waals surface area contributed by atoms with Crippen molar-refractivity contribution >= 4 is 34.0 Å². The minimum atomic E-state index is -0.801. The molecule has 348 valence electrons. The molecule has 0 spiro atoms. The average Bonchev–Trinajstić information content (AvgIpc) is 4.13. The highest BCUT2D eigenvalue weighted by Crippen LogP contribution is 2.35. The van der Waals surface area contributed by atoms with E-state index < -0.39 is 5.72 Å². The summed E-state index contributed by atoms with van der Waals surface area (Å²) >= 11 is 0. The Kier molecular flexibility index (Phi) is 16.4. The number of fused-ring (bicyclic) bond motifs is 4. The Bertz CT molecular complexity index is 2430. The van der Waals surface area contributed by atoms with Crippen molar-refractivity contribution in [3.8, 4) is 11.5 Å². The van der Waals surface area contributed by atoms with Gasteiger partial charge in [0.15, 0.2) is 5.72 Å². The molecule has 5 heterocycles. The van der Waals surface area contributed by atoms with E-state index in [1.54, 1.807) is 0 Å². The Hall–Kier alpha value is -5.48. The molecule has 2 aromatic carbocycles. The second kappa shape index (κ2) is 22.3. The van der Waals surface area contributed by atoms with Crippen molar-refractivity contribution in [1.29, 1.82) is 0 Å². The first-order valence-corrected chi connectivity index (χ1v) is 24.5. The molecule has 4 N–H and O–H groups in total. The van der Waals surface area contributed by atoms with Crippen molar-refractivity contribution in [2.75, 3.05) is 20.6 Å². The van der Waals surface area contributed by atoms with E-state index in [-0.39, 0.29) is 17.6 Å². The normalized spacial score (nSPS) is 18.3. The summed E-state index contributed by atoms with van der Waals surface area (Å²) in [6.45, 7) is 12.2. The average molecular weight is 888 g/mol. The van der Waals surface area contributed by atoms with Gasteiger partial charge in [-0.2, -0.15) is 0 Å². The second-order valence-electron chi connectivity index (χ2n) is 19.8. The summed E-state index contributed by atoms with van der Waals surface area (Å²) in [6, 6.07) is 16.3. The summed E-state index contributed by atoms with van der Waals surface area (Å²) in [5.41, 5.74) is 23.1. The predicted octanol–water partition coefficient (Wildman–Crippen LogP) is 12.7. The molecule has 3 atom stereocenters. The topological polar surface area (TPSA) is 123 Å². The van der Waals surface area contributed by atoms with Crippen LogP contribution in [0.15, 0.2) is 152 Å². The first-order valence-electron chi connectivity index (χ1n) is 24.5. The van der Waals surface area contributed by atoms with Crippen molar-refractivity contribution in [2.24, 2.45) is 42.8 Å². The van der Waals surface area contributed by atoms with Crippen LogP contribution >= 0.6 is 0 Å². The van der Waals surface area contributed by atoms with Gasteiger partial charge in [0, 0.05) is 17.1 Å². The zero-order valence-electron chi connectivity index (χ0n) is 40.7. The molecular formula is C57H73N7O2. The van der Waals surface area contributed by atoms with Crippen LogP contribution in [-0.2, 0) is 0 Å². The van der Waals surface area contributed by atoms with E-state index in [2.05, 4.69) is 95.3 Å². The summed E-state index contributed by atoms with van der Waals surface area (Å²) in [5.74, 6) is 1.67. The van der Waals surface area contributed by atoms with Crippen LogP contribution in [0.5, 0.6) is 11.5 Å². The number of rotatable bonds is 23. The maximum Gasteiger partial charge on any atom is 0.158 e. The van der Waals surface area contributed by atoms with Crippen LogP contribution in [0.3, 0.4) is 0 Å². The molecule has 66 heavy (non-hydrogen) atoms. The molecule has 8 bridgehead atoms. The van der Waals surface area contributed by atoms with Crippen LogP contribution in [0, 0.1) is 11.3 Å². The highest BCUT2D eigenvalue weighted by molar-refractivity contribution is 6.34. The molecule has 0 radical (unpaired) electrons. The van der Waals surface area contributed by atoms with Crippen LogP contribution in [-0.4, -0.2) is 60.3 Å². The summed E-state index contributed by atoms with van der Waals surface area (Å²) < 4.78 is 12.7. The van der Waals surface area contributed by atoms with Crippen LogP contribution in [0.2, 0.25) is 0 Å². The van der Waals surface area contributed by atoms with Crippen LogP contribution in [0.1, 0.15) is 129 Å². The number of nitrogens with zero attached hydrogens (tertiary/aromatic N) is 5. The van der Waals surface area contributed by atoms with E-state index in [0.717, 1.165) is 118 Å². The largest absolute Gasteiger partial charge is 0.476 e. The van der Waals surface area contributed by atoms with Gasteiger partial charge in [0.25, 0.3) is 0 Å². The van der Waals surface area contributed by atoms with Crippen LogP contribution in [0.25, 0.3) is 11.1 Å². The molecule has 5 aliphatic heterocycles. The van der Waals surface area contributed by atoms with Gasteiger partial charge < -0.3 is 14.4 Å². The highest BCUT2D eigenvalue weighted by atomic mass is 16.5. The fourth-order valence-electron chi connectivity index (χ4n) is 8.91. The van der Waals surface area contributed by atoms with Gasteiger partial charge in [0.05, 0.1) is 45.6 Å². The molecule has 3 unspecified atom stereocenters. The summed E-state index contributed by atoms with van der Waals surface area (Å²) in [6.07, 6.45) is 35.7. The smallest absolute Gasteiger partial charge is 0.158 e. The fourth-order valence-corrected chi connectivity index (χ4v) is 8.91. The van der Waals surface area contributed by atoms with Gasteiger partial charge in [0.1, 0.15) is 17.7 Å². The van der Waals surface area contributed by atoms with Crippen molar-refractivity contribution in [3.63, 3.8) is 0 Å². The third-order valence-electron chi connectivity index (χ3n) is 13.2. The second-order valence-corrected chi connectivity index (χ2v) is 19.8. The number of hydrogen-bond acceptors (Lipinski definition) is 9. The summed E-state index contributed by atoms with van der Waals surface area (Å²) in [5, 5.41) is 0. The number of benzene rings is 2. The molecule has 0 aliphatic carbocycles. The third-order valence-corrected chi connectivity index (χ3v) is 13.2. The zero-order chi connectivity index (χ0) is 46.7. The summed E-state index contributed by atoms with van der Waals surface area (Å²) in [4.78, 5) is 22.7. The molecule has 0 aromatic heterocycles. The molecule has 9 heteroatoms. The van der Waals surface area contributed by atoms with Crippen molar-refractivity contribution < 1.29 is 9.47 Å². The van der Waals surface area contributed by atoms with E-state index in [9.17, 15) is 0 Å². The number of hydrogen-bond donors (Lipinski definition) is 2. The maximum atomic E-state index is 6.76. The summed E-state index contributed by atoms with van der Waals surface area (Å²) in [7, 11) is 4.22. The number of nitrogens with two attached hydrogens (primary N) is 2. The zero-order valence-corrected chi connectivity index (χ0v) is 40.7. The first-order chi connectivity index (χ1) is 31.7. The highest BCUT2D eigenvalue weighted by Gasteiger charge is 2.29. The number of aliphatic imine (C=N–C) groups is 4. The van der Waals surface area contributed by atoms with Gasteiger partial charge >= 0.3 is 0 Å². The van der Waals surface area contributed by atoms with Crippen molar-refractivity contribution in [1.82, 2.24) is 4.90 Å². The Labute approximate surface area is 395 Å². The molecule has 2 aromatic rings. The molecule has 9 nitrogen and oxygen atoms in total. The molecule has 7 rings (SSSR count). The third kappa shape index (κ3) is 13.3. The SMILES string of the molecule is CCCCCCCCCC(C)(C)CCC(N)Oc1ccc(C2=C3C=CC(=N3)C=C3C=CC(=N3)C(c3ccc(OC(C)(N)C(C)CCCCN(C)C)cc3)=C3C=CC(=N3)C=C3C=CC2=N3)cc1. The van der Waals surface area contributed by atoms with Crippen LogP contribution < -0.4 is 20.9 Å². The lowest BCUT2D eigenvalue weighted by Gasteiger charge is -2.32. The lowest BCUT2D eigenvalue weighted by atomic mass is 9.82. The van der Waals surface area contributed by atoms with Gasteiger partial charge in [-0.15, -0.1) is 0 Å². The molecule has 0 saturated heterocycles. The van der Waals surface area contributed by atoms with Gasteiger partial charge in [-0.25, -0.2) is 20.0 Å². The van der Waals surface area contributed by atoms with Gasteiger partial charge in [0.2, 0.25) is 0 Å². The standard InChI is InChI=1S/C57H73N7O2/c1-8-9-10-11-12-13-15-35-56(3,4)36-34-53(58)65-47-26-18-41(19-27-47)54-49-30-22-43(60-49)38-45-24-32-51(62-45)55(52-33-25-46(63-52)39-44-23-31-50(54)61-44)42-20-28-48(29-21-42)66-57(5,59)40(2)17-14-16-37-64(6)7/h18-33,38-40,53H,8-17,34-37,58-59H2,1-7H3. The van der Waals surface area contributed by atoms with Crippen molar-refractivity contribution in [3.05, 3.63) is 143 Å². The van der Waals surface area contributed by atoms with Gasteiger partial charge in [-0.1, -0.05) is 103 Å². The number of allylic oxidation sites excluding steroid dienone is 12. The Balaban J connectivity index is 1.06. The fraction of sp³-hybridized carbons (Fsp3) is 0.439. The molecular weight excluding hydrogens is 815 g/mol. The lowest BCUT2D eigenvalue weighted by Crippen LogP contribution is -2.48. The molecule has 0 amide bonds. The van der Waals surface area contributed by atoms with E-state index in [1.807, 2.05) is 67.6 Å². The molecule has 0 fully saturated rings. The van der Waals surface area contributed by atoms with E-state index in [0.29, 0.717) is 0 Å². The van der Waals surface area contributed by atoms with Gasteiger partial charge in [-0.3, -0.25) is 11.5 Å². The number of unbranched alkanes of at least 4 members (excludes halogenated alkanes) is 7. The number of ether oxygens (including phenoxy) is 2. The van der Waals surface area contributed by atoms with Gasteiger partial charge in [-0.05, 0) is 161 Å². The van der Waals surface area contributed by atoms with E-state index in [1.165, 1.54) is 51.4 Å². The Morgan fingerprint density at radius 3 is 1.67 bits per heavy atom. The minimum absolute atomic E-state index is 0.187. The Morgan fingerprint density at radius 2 is 1.12 bits per heavy atom. The maximum absolute atomic E-state index is 6.76. The van der Waals surface area contributed by atoms with Crippen molar-refractivity contribution in [2.45, 2.75) is 130 Å². The molecule has 5 aliphatic rings.